The number of likely N-dealkylation sites (N-methyl/N-ethyl adjacent to an activating group) is 2. The number of aryl methyl sites for hydroxylation is 3. The summed E-state index contributed by atoms with van der Waals surface area (Å²) in [4.78, 5) is 14.3. The molecule has 0 unspecified atom stereocenters. The zero-order valence-corrected chi connectivity index (χ0v) is 18.1. The fourth-order valence-electron chi connectivity index (χ4n) is 2.83. The Hall–Kier alpha value is -2.38. The largest absolute Gasteiger partial charge is 0.495 e. The van der Waals surface area contributed by atoms with Crippen LogP contribution >= 0.6 is 0 Å². The van der Waals surface area contributed by atoms with Crippen LogP contribution < -0.4 is 9.64 Å². The number of nitrogens with zero attached hydrogens (tertiary/aromatic N) is 2. The van der Waals surface area contributed by atoms with E-state index in [1.165, 1.54) is 16.3 Å². The zero-order valence-electron chi connectivity index (χ0n) is 17.3. The van der Waals surface area contributed by atoms with Gasteiger partial charge in [-0.25, -0.2) is 8.42 Å². The number of ether oxygens (including phenoxy) is 1. The van der Waals surface area contributed by atoms with Crippen molar-refractivity contribution < 1.29 is 17.9 Å². The van der Waals surface area contributed by atoms with Gasteiger partial charge in [-0.15, -0.1) is 0 Å². The molecule has 2 aromatic rings. The quantitative estimate of drug-likeness (QED) is 0.710. The van der Waals surface area contributed by atoms with Gasteiger partial charge in [-0.05, 0) is 61.7 Å². The predicted octanol–water partition coefficient (Wildman–Crippen LogP) is 3.29. The number of hydrogen-bond donors (Lipinski definition) is 0. The molecule has 0 bridgehead atoms. The highest BCUT2D eigenvalue weighted by Crippen LogP contribution is 2.28. The SMILES string of the molecule is CCN(CC(=O)N(C)c1ccc(C)c(C)c1)S(=O)(=O)c1cc(C)ccc1OC. The van der Waals surface area contributed by atoms with Crippen LogP contribution in [0.5, 0.6) is 5.75 Å². The van der Waals surface area contributed by atoms with Crippen LogP contribution in [-0.4, -0.2) is 45.9 Å². The van der Waals surface area contributed by atoms with Gasteiger partial charge in [0.2, 0.25) is 15.9 Å². The third-order valence-corrected chi connectivity index (χ3v) is 6.80. The van der Waals surface area contributed by atoms with Crippen molar-refractivity contribution in [1.82, 2.24) is 4.31 Å². The number of carbonyl (C=O) groups is 1. The molecule has 0 fully saturated rings. The van der Waals surface area contributed by atoms with Gasteiger partial charge in [0, 0.05) is 19.3 Å². The van der Waals surface area contributed by atoms with Gasteiger partial charge in [0.1, 0.15) is 10.6 Å². The summed E-state index contributed by atoms with van der Waals surface area (Å²) in [7, 11) is -0.799. The number of carbonyl (C=O) groups excluding carboxylic acids is 1. The molecule has 0 saturated heterocycles. The summed E-state index contributed by atoms with van der Waals surface area (Å²) in [5, 5.41) is 0. The molecule has 0 radical (unpaired) electrons. The van der Waals surface area contributed by atoms with Gasteiger partial charge < -0.3 is 9.64 Å². The van der Waals surface area contributed by atoms with Crippen molar-refractivity contribution in [2.75, 3.05) is 32.1 Å². The number of amides is 1. The smallest absolute Gasteiger partial charge is 0.247 e. The van der Waals surface area contributed by atoms with E-state index in [9.17, 15) is 13.2 Å². The van der Waals surface area contributed by atoms with Crippen molar-refractivity contribution in [2.45, 2.75) is 32.6 Å². The highest BCUT2D eigenvalue weighted by molar-refractivity contribution is 7.89. The van der Waals surface area contributed by atoms with E-state index in [0.29, 0.717) is 0 Å². The third kappa shape index (κ3) is 4.54. The van der Waals surface area contributed by atoms with E-state index in [0.717, 1.165) is 22.4 Å². The monoisotopic (exact) mass is 404 g/mol. The van der Waals surface area contributed by atoms with Gasteiger partial charge in [-0.3, -0.25) is 4.79 Å². The zero-order chi connectivity index (χ0) is 21.1. The second-order valence-corrected chi connectivity index (χ2v) is 8.71. The molecule has 0 aliphatic heterocycles. The van der Waals surface area contributed by atoms with Crippen molar-refractivity contribution in [3.05, 3.63) is 53.1 Å². The van der Waals surface area contributed by atoms with Gasteiger partial charge in [-0.2, -0.15) is 4.31 Å². The van der Waals surface area contributed by atoms with Gasteiger partial charge in [0.05, 0.1) is 13.7 Å². The number of benzene rings is 2. The topological polar surface area (TPSA) is 66.9 Å². The van der Waals surface area contributed by atoms with Crippen LogP contribution in [-0.2, 0) is 14.8 Å². The average molecular weight is 405 g/mol. The fraction of sp³-hybridized carbons (Fsp3) is 0.381. The lowest BCUT2D eigenvalue weighted by molar-refractivity contribution is -0.118. The Labute approximate surface area is 167 Å². The van der Waals surface area contributed by atoms with Crippen LogP contribution in [0.2, 0.25) is 0 Å². The summed E-state index contributed by atoms with van der Waals surface area (Å²) in [5.74, 6) is -0.0423. The van der Waals surface area contributed by atoms with Crippen LogP contribution in [0.15, 0.2) is 41.3 Å². The Morgan fingerprint density at radius 3 is 2.29 bits per heavy atom. The van der Waals surface area contributed by atoms with Gasteiger partial charge >= 0.3 is 0 Å². The Balaban J connectivity index is 2.31. The summed E-state index contributed by atoms with van der Waals surface area (Å²) < 4.78 is 32.7. The van der Waals surface area contributed by atoms with E-state index in [1.807, 2.05) is 39.0 Å². The molecule has 0 aliphatic carbocycles. The van der Waals surface area contributed by atoms with E-state index in [4.69, 9.17) is 4.74 Å². The van der Waals surface area contributed by atoms with Crippen LogP contribution in [0.25, 0.3) is 0 Å². The van der Waals surface area contributed by atoms with Crippen molar-refractivity contribution in [1.29, 1.82) is 0 Å². The van der Waals surface area contributed by atoms with Crippen molar-refractivity contribution in [2.24, 2.45) is 0 Å². The van der Waals surface area contributed by atoms with Gasteiger partial charge in [0.15, 0.2) is 0 Å². The normalized spacial score (nSPS) is 11.5. The summed E-state index contributed by atoms with van der Waals surface area (Å²) in [6.07, 6.45) is 0. The minimum Gasteiger partial charge on any atom is -0.495 e. The van der Waals surface area contributed by atoms with E-state index in [-0.39, 0.29) is 29.6 Å². The second kappa shape index (κ2) is 8.75. The summed E-state index contributed by atoms with van der Waals surface area (Å²) in [5.41, 5.74) is 3.74. The first-order valence-corrected chi connectivity index (χ1v) is 10.5. The third-order valence-electron chi connectivity index (χ3n) is 4.85. The highest BCUT2D eigenvalue weighted by Gasteiger charge is 2.29. The lowest BCUT2D eigenvalue weighted by atomic mass is 10.1. The maximum atomic E-state index is 13.2. The number of anilines is 1. The van der Waals surface area contributed by atoms with E-state index in [1.54, 1.807) is 32.2 Å². The molecule has 0 aromatic heterocycles. The molecule has 152 valence electrons. The Morgan fingerprint density at radius 1 is 1.04 bits per heavy atom. The first-order valence-electron chi connectivity index (χ1n) is 9.10. The number of methoxy groups -OCH3 is 1. The first-order chi connectivity index (χ1) is 13.1. The fourth-order valence-corrected chi connectivity index (χ4v) is 4.47. The molecule has 2 aromatic carbocycles. The summed E-state index contributed by atoms with van der Waals surface area (Å²) >= 11 is 0. The average Bonchev–Trinajstić information content (AvgIpc) is 2.67. The molecule has 1 amide bonds. The maximum absolute atomic E-state index is 13.2. The first kappa shape index (κ1) is 21.9. The molecule has 0 saturated carbocycles. The summed E-state index contributed by atoms with van der Waals surface area (Å²) in [6.45, 7) is 7.42. The van der Waals surface area contributed by atoms with E-state index >= 15 is 0 Å². The highest BCUT2D eigenvalue weighted by atomic mass is 32.2. The number of sulfonamides is 1. The minimum atomic E-state index is -3.88. The standard InChI is InChI=1S/C21H28N2O4S/c1-7-23(28(25,26)20-12-15(2)8-11-19(20)27-6)14-21(24)22(5)18-10-9-16(3)17(4)13-18/h8-13H,7,14H2,1-6H3. The second-order valence-electron chi connectivity index (χ2n) is 6.81. The summed E-state index contributed by atoms with van der Waals surface area (Å²) in [6, 6.07) is 10.7. The molecule has 0 spiro atoms. The van der Waals surface area contributed by atoms with Crippen LogP contribution in [0.1, 0.15) is 23.6 Å². The van der Waals surface area contributed by atoms with E-state index < -0.39 is 10.0 Å². The van der Waals surface area contributed by atoms with Gasteiger partial charge in [0.25, 0.3) is 0 Å². The predicted molar refractivity (Wildman–Crippen MR) is 111 cm³/mol. The maximum Gasteiger partial charge on any atom is 0.247 e. The molecule has 0 heterocycles. The molecule has 0 aliphatic rings. The van der Waals surface area contributed by atoms with Crippen molar-refractivity contribution in [3.63, 3.8) is 0 Å². The Bertz CT molecular complexity index is 970. The van der Waals surface area contributed by atoms with Crippen LogP contribution in [0.4, 0.5) is 5.69 Å². The lowest BCUT2D eigenvalue weighted by Crippen LogP contribution is -2.41. The molecular weight excluding hydrogens is 376 g/mol. The molecule has 2 rings (SSSR count). The van der Waals surface area contributed by atoms with E-state index in [2.05, 4.69) is 0 Å². The Morgan fingerprint density at radius 2 is 1.71 bits per heavy atom. The molecule has 6 nitrogen and oxygen atoms in total. The van der Waals surface area contributed by atoms with Crippen molar-refractivity contribution >= 4 is 21.6 Å². The minimum absolute atomic E-state index is 0.0680. The molecule has 7 heteroatoms. The molecular formula is C21H28N2O4S. The number of rotatable bonds is 7. The molecule has 28 heavy (non-hydrogen) atoms. The number of hydrogen-bond acceptors (Lipinski definition) is 4. The van der Waals surface area contributed by atoms with Gasteiger partial charge in [-0.1, -0.05) is 19.1 Å². The molecule has 0 N–H and O–H groups in total. The lowest BCUT2D eigenvalue weighted by Gasteiger charge is -2.25. The van der Waals surface area contributed by atoms with Crippen LogP contribution in [0, 0.1) is 20.8 Å². The Kier molecular flexibility index (Phi) is 6.85. The van der Waals surface area contributed by atoms with Crippen LogP contribution in [0.3, 0.4) is 0 Å². The molecule has 0 atom stereocenters. The van der Waals surface area contributed by atoms with Crippen molar-refractivity contribution in [3.8, 4) is 5.75 Å².